The van der Waals surface area contributed by atoms with E-state index in [-0.39, 0.29) is 18.0 Å². The van der Waals surface area contributed by atoms with Gasteiger partial charge in [-0.05, 0) is 23.3 Å². The van der Waals surface area contributed by atoms with E-state index >= 15 is 0 Å². The van der Waals surface area contributed by atoms with Gasteiger partial charge in [0.25, 0.3) is 5.69 Å². The molecule has 148 valence electrons. The fraction of sp³-hybridized carbons (Fsp3) is 0.0870. The molecule has 0 amide bonds. The molecule has 1 aliphatic carbocycles. The van der Waals surface area contributed by atoms with E-state index in [9.17, 15) is 14.9 Å². The molecule has 30 heavy (non-hydrogen) atoms. The van der Waals surface area contributed by atoms with Gasteiger partial charge in [-0.3, -0.25) is 10.1 Å². The van der Waals surface area contributed by atoms with Gasteiger partial charge >= 0.3 is 5.97 Å². The summed E-state index contributed by atoms with van der Waals surface area (Å²) in [5.74, 6) is 0.103. The van der Waals surface area contributed by atoms with E-state index in [4.69, 9.17) is 14.2 Å². The van der Waals surface area contributed by atoms with Crippen molar-refractivity contribution >= 4 is 17.7 Å². The summed E-state index contributed by atoms with van der Waals surface area (Å²) in [6, 6.07) is 18.3. The second kappa shape index (κ2) is 7.04. The smallest absolute Gasteiger partial charge is 0.331 e. The van der Waals surface area contributed by atoms with E-state index in [1.807, 2.05) is 48.5 Å². The highest BCUT2D eigenvalue weighted by molar-refractivity contribution is 5.89. The Kier molecular flexibility index (Phi) is 4.21. The van der Waals surface area contributed by atoms with Gasteiger partial charge in [0.15, 0.2) is 17.6 Å². The minimum absolute atomic E-state index is 0.00218. The van der Waals surface area contributed by atoms with Gasteiger partial charge in [0.05, 0.1) is 16.6 Å². The van der Waals surface area contributed by atoms with Crippen molar-refractivity contribution < 1.29 is 23.9 Å². The minimum Gasteiger partial charge on any atom is -0.454 e. The molecule has 7 nitrogen and oxygen atoms in total. The van der Waals surface area contributed by atoms with Crippen LogP contribution in [0.25, 0.3) is 17.2 Å². The van der Waals surface area contributed by atoms with E-state index < -0.39 is 17.0 Å². The standard InChI is InChI=1S/C23H15NO6/c25-22(10-9-14-11-20-21(29-13-28-20)12-19(14)24(26)27)30-23-17-7-3-1-5-15(17)16-6-2-4-8-18(16)23/h1-12,23H,13H2/b10-9+. The van der Waals surface area contributed by atoms with Crippen LogP contribution >= 0.6 is 0 Å². The van der Waals surface area contributed by atoms with Gasteiger partial charge in [0.1, 0.15) is 0 Å². The first-order valence-corrected chi connectivity index (χ1v) is 9.27. The molecule has 3 aromatic carbocycles. The van der Waals surface area contributed by atoms with Crippen molar-refractivity contribution in [1.29, 1.82) is 0 Å². The SMILES string of the molecule is O=C(/C=C/c1cc2c(cc1[N+](=O)[O-])OCO2)OC1c2ccccc2-c2ccccc21. The first-order valence-electron chi connectivity index (χ1n) is 9.27. The molecule has 0 fully saturated rings. The molecule has 0 saturated carbocycles. The molecule has 2 aliphatic rings. The number of esters is 1. The normalized spacial score (nSPS) is 13.9. The van der Waals surface area contributed by atoms with E-state index in [0.717, 1.165) is 22.3 Å². The summed E-state index contributed by atoms with van der Waals surface area (Å²) in [6.45, 7) is 0.00218. The number of benzene rings is 3. The van der Waals surface area contributed by atoms with E-state index in [1.54, 1.807) is 0 Å². The van der Waals surface area contributed by atoms with Crippen LogP contribution in [0.4, 0.5) is 5.69 Å². The number of hydrogen-bond donors (Lipinski definition) is 0. The van der Waals surface area contributed by atoms with E-state index in [0.29, 0.717) is 11.5 Å². The maximum Gasteiger partial charge on any atom is 0.331 e. The molecule has 0 N–H and O–H groups in total. The maximum atomic E-state index is 12.6. The third kappa shape index (κ3) is 2.97. The molecule has 0 aromatic heterocycles. The Balaban J connectivity index is 1.42. The minimum atomic E-state index is -0.599. The first-order chi connectivity index (χ1) is 14.6. The highest BCUT2D eigenvalue weighted by Crippen LogP contribution is 2.45. The average Bonchev–Trinajstić information content (AvgIpc) is 3.34. The molecule has 0 unspecified atom stereocenters. The molecule has 1 heterocycles. The Labute approximate surface area is 171 Å². The lowest BCUT2D eigenvalue weighted by Crippen LogP contribution is -2.08. The molecular formula is C23H15NO6. The molecule has 0 spiro atoms. The van der Waals surface area contributed by atoms with Crippen LogP contribution < -0.4 is 9.47 Å². The largest absolute Gasteiger partial charge is 0.454 e. The molecule has 3 aromatic rings. The Morgan fingerprint density at radius 2 is 1.60 bits per heavy atom. The second-order valence-electron chi connectivity index (χ2n) is 6.85. The van der Waals surface area contributed by atoms with Crippen LogP contribution in [0.15, 0.2) is 66.7 Å². The van der Waals surface area contributed by atoms with E-state index in [2.05, 4.69) is 0 Å². The summed E-state index contributed by atoms with van der Waals surface area (Å²) in [7, 11) is 0. The maximum absolute atomic E-state index is 12.6. The number of fused-ring (bicyclic) bond motifs is 4. The van der Waals surface area contributed by atoms with Gasteiger partial charge < -0.3 is 14.2 Å². The van der Waals surface area contributed by atoms with Gasteiger partial charge in [0.2, 0.25) is 6.79 Å². The number of carbonyl (C=O) groups excluding carboxylic acids is 1. The predicted octanol–water partition coefficient (Wildman–Crippen LogP) is 4.65. The summed E-state index contributed by atoms with van der Waals surface area (Å²) >= 11 is 0. The van der Waals surface area contributed by atoms with Crippen molar-refractivity contribution in [2.75, 3.05) is 6.79 Å². The van der Waals surface area contributed by atoms with Crippen LogP contribution in [0.2, 0.25) is 0 Å². The zero-order valence-corrected chi connectivity index (χ0v) is 15.6. The average molecular weight is 401 g/mol. The van der Waals surface area contributed by atoms with Crippen molar-refractivity contribution in [2.45, 2.75) is 6.10 Å². The molecule has 7 heteroatoms. The van der Waals surface area contributed by atoms with Crippen LogP contribution in [0.5, 0.6) is 11.5 Å². The van der Waals surface area contributed by atoms with Gasteiger partial charge in [0, 0.05) is 17.2 Å². The van der Waals surface area contributed by atoms with Gasteiger partial charge in [-0.1, -0.05) is 48.5 Å². The van der Waals surface area contributed by atoms with Crippen molar-refractivity contribution in [1.82, 2.24) is 0 Å². The third-order valence-corrected chi connectivity index (χ3v) is 5.13. The first kappa shape index (κ1) is 17.9. The summed E-state index contributed by atoms with van der Waals surface area (Å²) in [5.41, 5.74) is 3.93. The quantitative estimate of drug-likeness (QED) is 0.274. The highest BCUT2D eigenvalue weighted by Gasteiger charge is 2.30. The molecule has 0 bridgehead atoms. The summed E-state index contributed by atoms with van der Waals surface area (Å²) < 4.78 is 16.2. The molecule has 0 atom stereocenters. The van der Waals surface area contributed by atoms with Crippen molar-refractivity contribution in [3.8, 4) is 22.6 Å². The van der Waals surface area contributed by atoms with Crippen molar-refractivity contribution in [3.63, 3.8) is 0 Å². The fourth-order valence-corrected chi connectivity index (χ4v) is 3.79. The summed E-state index contributed by atoms with van der Waals surface area (Å²) in [4.78, 5) is 23.4. The lowest BCUT2D eigenvalue weighted by molar-refractivity contribution is -0.385. The molecule has 0 saturated heterocycles. The zero-order valence-electron chi connectivity index (χ0n) is 15.6. The Hall–Kier alpha value is -4.13. The molecular weight excluding hydrogens is 386 g/mol. The lowest BCUT2D eigenvalue weighted by Gasteiger charge is -2.13. The fourth-order valence-electron chi connectivity index (χ4n) is 3.79. The lowest BCUT2D eigenvalue weighted by atomic mass is 10.1. The number of rotatable bonds is 4. The predicted molar refractivity (Wildman–Crippen MR) is 108 cm³/mol. The van der Waals surface area contributed by atoms with Gasteiger partial charge in [-0.2, -0.15) is 0 Å². The number of hydrogen-bond acceptors (Lipinski definition) is 6. The molecule has 0 radical (unpaired) electrons. The van der Waals surface area contributed by atoms with Crippen LogP contribution in [-0.2, 0) is 9.53 Å². The summed E-state index contributed by atoms with van der Waals surface area (Å²) in [6.07, 6.45) is 2.02. The number of nitro groups is 1. The Morgan fingerprint density at radius 1 is 1.00 bits per heavy atom. The molecule has 1 aliphatic heterocycles. The van der Waals surface area contributed by atoms with Gasteiger partial charge in [-0.25, -0.2) is 4.79 Å². The molecule has 5 rings (SSSR count). The highest BCUT2D eigenvalue weighted by atomic mass is 16.7. The topological polar surface area (TPSA) is 87.9 Å². The van der Waals surface area contributed by atoms with Crippen molar-refractivity contribution in [3.05, 3.63) is 93.5 Å². The van der Waals surface area contributed by atoms with Crippen LogP contribution in [-0.4, -0.2) is 17.7 Å². The summed E-state index contributed by atoms with van der Waals surface area (Å²) in [5, 5.41) is 11.4. The zero-order chi connectivity index (χ0) is 20.7. The second-order valence-corrected chi connectivity index (χ2v) is 6.85. The Morgan fingerprint density at radius 3 is 2.23 bits per heavy atom. The van der Waals surface area contributed by atoms with Gasteiger partial charge in [-0.15, -0.1) is 0 Å². The van der Waals surface area contributed by atoms with E-state index in [1.165, 1.54) is 24.3 Å². The van der Waals surface area contributed by atoms with Crippen LogP contribution in [0.1, 0.15) is 22.8 Å². The number of ether oxygens (including phenoxy) is 3. The van der Waals surface area contributed by atoms with Crippen LogP contribution in [0, 0.1) is 10.1 Å². The third-order valence-electron chi connectivity index (χ3n) is 5.13. The number of nitrogens with zero attached hydrogens (tertiary/aromatic N) is 1. The number of nitro benzene ring substituents is 1. The van der Waals surface area contributed by atoms with Crippen molar-refractivity contribution in [2.24, 2.45) is 0 Å². The Bertz CT molecular complexity index is 1170. The number of carbonyl (C=O) groups is 1. The monoisotopic (exact) mass is 401 g/mol. The van der Waals surface area contributed by atoms with Crippen LogP contribution in [0.3, 0.4) is 0 Å².